The summed E-state index contributed by atoms with van der Waals surface area (Å²) in [5.41, 5.74) is 0. The van der Waals surface area contributed by atoms with Crippen LogP contribution in [0.3, 0.4) is 0 Å². The molecule has 2 rings (SSSR count). The second-order valence-electron chi connectivity index (χ2n) is 4.37. The maximum absolute atomic E-state index is 5.90. The number of alkyl halides is 1. The normalized spacial score (nSPS) is 12.0. The van der Waals surface area contributed by atoms with Crippen LogP contribution in [0, 0.1) is 10.7 Å². The van der Waals surface area contributed by atoms with Crippen molar-refractivity contribution in [2.75, 3.05) is 4.43 Å². The molecule has 0 fully saturated rings. The van der Waals surface area contributed by atoms with Crippen molar-refractivity contribution in [1.29, 1.82) is 0 Å². The summed E-state index contributed by atoms with van der Waals surface area (Å²) in [5.74, 6) is 0. The van der Waals surface area contributed by atoms with Gasteiger partial charge in [-0.2, -0.15) is 0 Å². The van der Waals surface area contributed by atoms with Crippen molar-refractivity contribution in [2.45, 2.75) is 12.5 Å². The Hall–Kier alpha value is 0.987. The third-order valence-corrected chi connectivity index (χ3v) is 10.8. The first-order chi connectivity index (χ1) is 10.0. The molecule has 0 spiro atoms. The van der Waals surface area contributed by atoms with Crippen LogP contribution in [-0.4, -0.2) is 10.4 Å². The minimum absolute atomic E-state index is 0.0513. The van der Waals surface area contributed by atoms with Gasteiger partial charge in [-0.25, -0.2) is 0 Å². The molecule has 2 aromatic rings. The third-order valence-electron chi connectivity index (χ3n) is 2.60. The van der Waals surface area contributed by atoms with E-state index in [9.17, 15) is 0 Å². The van der Waals surface area contributed by atoms with Crippen LogP contribution in [0.1, 0.15) is 6.42 Å². The van der Waals surface area contributed by atoms with Gasteiger partial charge in [-0.1, -0.05) is 0 Å². The summed E-state index contributed by atoms with van der Waals surface area (Å²) in [6.07, 6.45) is 1.05. The molecule has 0 amide bonds. The van der Waals surface area contributed by atoms with Crippen molar-refractivity contribution in [3.8, 4) is 0 Å². The molecule has 21 heavy (non-hydrogen) atoms. The van der Waals surface area contributed by atoms with Crippen LogP contribution in [0.25, 0.3) is 0 Å². The van der Waals surface area contributed by atoms with E-state index in [2.05, 4.69) is 54.6 Å². The zero-order chi connectivity index (χ0) is 15.1. The van der Waals surface area contributed by atoms with E-state index in [0.29, 0.717) is 0 Å². The first kappa shape index (κ1) is 18.3. The van der Waals surface area contributed by atoms with Gasteiger partial charge < -0.3 is 0 Å². The van der Waals surface area contributed by atoms with Gasteiger partial charge in [-0.05, 0) is 0 Å². The Morgan fingerprint density at radius 1 is 0.762 bits per heavy atom. The van der Waals surface area contributed by atoms with Gasteiger partial charge in [-0.15, -0.1) is 0 Å². The monoisotopic (exact) mass is 582 g/mol. The van der Waals surface area contributed by atoms with Gasteiger partial charge in [0.15, 0.2) is 0 Å². The van der Waals surface area contributed by atoms with Crippen molar-refractivity contribution >= 4 is 39.2 Å². The van der Waals surface area contributed by atoms with Crippen LogP contribution in [0.15, 0.2) is 54.6 Å². The zero-order valence-corrected chi connectivity index (χ0v) is 18.8. The number of halogens is 5. The Kier molecular flexibility index (Phi) is 8.14. The van der Waals surface area contributed by atoms with Crippen molar-refractivity contribution in [2.24, 2.45) is 0 Å². The summed E-state index contributed by atoms with van der Waals surface area (Å²) in [7, 11) is 0. The van der Waals surface area contributed by atoms with Gasteiger partial charge in [0.1, 0.15) is 0 Å². The molecule has 0 unspecified atom stereocenters. The second kappa shape index (κ2) is 9.32. The second-order valence-corrected chi connectivity index (χ2v) is 19.8. The van der Waals surface area contributed by atoms with Crippen LogP contribution < -0.4 is 42.4 Å². The molecule has 0 bridgehead atoms. The van der Waals surface area contributed by atoms with Crippen LogP contribution >= 0.6 is 33.2 Å². The molecule has 0 N–H and O–H groups in total. The van der Waals surface area contributed by atoms with E-state index in [1.165, 1.54) is 15.1 Å². The Morgan fingerprint density at radius 2 is 1.33 bits per heavy atom. The van der Waals surface area contributed by atoms with E-state index in [1.54, 1.807) is 0 Å². The summed E-state index contributed by atoms with van der Waals surface area (Å²) < 4.78 is 5.63. The summed E-state index contributed by atoms with van der Waals surface area (Å²) in [6, 6.07) is 18.3. The van der Waals surface area contributed by atoms with Crippen molar-refractivity contribution < 1.29 is 42.4 Å². The van der Waals surface area contributed by atoms with Gasteiger partial charge in [0.25, 0.3) is 0 Å². The van der Waals surface area contributed by atoms with Gasteiger partial charge >= 0.3 is 164 Å². The SMILES string of the molecule is Cl[Si](Cl)(Cl)CCC[I-]c1ccc([I-]c2ccccc2)cc1. The first-order valence-electron chi connectivity index (χ1n) is 6.49. The van der Waals surface area contributed by atoms with Crippen molar-refractivity contribution in [3.63, 3.8) is 0 Å². The molecule has 0 aliphatic heterocycles. The summed E-state index contributed by atoms with van der Waals surface area (Å²) in [4.78, 5) is 0. The van der Waals surface area contributed by atoms with Gasteiger partial charge in [0.2, 0.25) is 0 Å². The summed E-state index contributed by atoms with van der Waals surface area (Å²) in [6.45, 7) is 0. The molecule has 0 radical (unpaired) electrons. The minimum atomic E-state index is -2.41. The predicted octanol–water partition coefficient (Wildman–Crippen LogP) is -0.881. The Morgan fingerprint density at radius 3 is 1.95 bits per heavy atom. The molecule has 0 saturated heterocycles. The van der Waals surface area contributed by atoms with Crippen LogP contribution in [-0.2, 0) is 0 Å². The Balaban J connectivity index is 1.79. The predicted molar refractivity (Wildman–Crippen MR) is 86.6 cm³/mol. The van der Waals surface area contributed by atoms with Crippen molar-refractivity contribution in [3.05, 3.63) is 65.3 Å². The maximum atomic E-state index is 5.90. The van der Waals surface area contributed by atoms with Crippen LogP contribution in [0.5, 0.6) is 0 Å². The molecule has 0 aliphatic carbocycles. The number of hydrogen-bond acceptors (Lipinski definition) is 0. The third kappa shape index (κ3) is 7.88. The first-order valence-corrected chi connectivity index (χ1v) is 16.5. The average Bonchev–Trinajstić information content (AvgIpc) is 2.45. The summed E-state index contributed by atoms with van der Waals surface area (Å²) in [5, 5.41) is 0. The molecular formula is C15H15Cl3I2Si-2. The van der Waals surface area contributed by atoms with Crippen LogP contribution in [0.2, 0.25) is 6.04 Å². The zero-order valence-electron chi connectivity index (χ0n) is 11.2. The standard InChI is InChI=1S/C15H15Cl3I2Si/c16-21(17,18)12-4-11-19-13-7-9-15(10-8-13)20-14-5-2-1-3-6-14/h1-3,5-10H,4,11-12H2/q-2. The molecule has 0 nitrogen and oxygen atoms in total. The number of rotatable bonds is 7. The molecule has 0 aromatic heterocycles. The topological polar surface area (TPSA) is 0 Å². The Labute approximate surface area is 162 Å². The molecule has 2 aromatic carbocycles. The summed E-state index contributed by atoms with van der Waals surface area (Å²) >= 11 is 17.7. The molecule has 0 aliphatic rings. The molecule has 0 saturated carbocycles. The van der Waals surface area contributed by atoms with E-state index < -0.39 is 6.00 Å². The number of hydrogen-bond donors (Lipinski definition) is 0. The van der Waals surface area contributed by atoms with Gasteiger partial charge in [-0.3, -0.25) is 0 Å². The number of benzene rings is 2. The van der Waals surface area contributed by atoms with E-state index in [-0.39, 0.29) is 42.4 Å². The fraction of sp³-hybridized carbons (Fsp3) is 0.200. The van der Waals surface area contributed by atoms with E-state index >= 15 is 0 Å². The van der Waals surface area contributed by atoms with E-state index in [1.807, 2.05) is 0 Å². The molecule has 116 valence electrons. The molecule has 6 heteroatoms. The molecule has 0 atom stereocenters. The molecular weight excluding hydrogens is 568 g/mol. The van der Waals surface area contributed by atoms with Gasteiger partial charge in [0.05, 0.1) is 0 Å². The van der Waals surface area contributed by atoms with Crippen LogP contribution in [0.4, 0.5) is 0 Å². The van der Waals surface area contributed by atoms with E-state index in [0.717, 1.165) is 12.5 Å². The molecule has 0 heterocycles. The fourth-order valence-electron chi connectivity index (χ4n) is 1.63. The van der Waals surface area contributed by atoms with Gasteiger partial charge in [0, 0.05) is 0 Å². The van der Waals surface area contributed by atoms with Crippen molar-refractivity contribution in [1.82, 2.24) is 0 Å². The van der Waals surface area contributed by atoms with E-state index in [4.69, 9.17) is 33.2 Å². The average molecular weight is 584 g/mol. The Bertz CT molecular complexity index is 541. The quantitative estimate of drug-likeness (QED) is 0.131. The fourth-order valence-corrected chi connectivity index (χ4v) is 8.60.